The van der Waals surface area contributed by atoms with Crippen molar-refractivity contribution >= 4 is 29.2 Å². The van der Waals surface area contributed by atoms with E-state index in [2.05, 4.69) is 5.32 Å². The van der Waals surface area contributed by atoms with Gasteiger partial charge >= 0.3 is 5.97 Å². The molecular weight excluding hydrogens is 355 g/mol. The highest BCUT2D eigenvalue weighted by Crippen LogP contribution is 2.29. The smallest absolute Gasteiger partial charge is 0.305 e. The van der Waals surface area contributed by atoms with Crippen molar-refractivity contribution in [3.63, 3.8) is 0 Å². The van der Waals surface area contributed by atoms with Crippen LogP contribution >= 0.6 is 11.6 Å². The van der Waals surface area contributed by atoms with Crippen molar-refractivity contribution in [3.8, 4) is 0 Å². The molecule has 0 radical (unpaired) electrons. The Labute approximate surface area is 146 Å². The van der Waals surface area contributed by atoms with E-state index in [9.17, 15) is 24.1 Å². The number of carboxylic acids is 1. The van der Waals surface area contributed by atoms with Gasteiger partial charge in [-0.25, -0.2) is 4.39 Å². The molecule has 2 aromatic carbocycles. The lowest BCUT2D eigenvalue weighted by Gasteiger charge is -2.18. The number of nitrogens with one attached hydrogen (secondary N) is 1. The summed E-state index contributed by atoms with van der Waals surface area (Å²) in [5.41, 5.74) is -0.0714. The van der Waals surface area contributed by atoms with E-state index in [1.807, 2.05) is 0 Å². The van der Waals surface area contributed by atoms with Gasteiger partial charge in [-0.05, 0) is 30.3 Å². The van der Waals surface area contributed by atoms with Crippen LogP contribution in [0.1, 0.15) is 28.4 Å². The molecule has 0 saturated heterocycles. The number of nitrogens with zero attached hydrogens (tertiary/aromatic N) is 1. The van der Waals surface area contributed by atoms with Crippen molar-refractivity contribution in [2.75, 3.05) is 0 Å². The molecule has 0 aromatic heterocycles. The number of hydrogen-bond acceptors (Lipinski definition) is 4. The van der Waals surface area contributed by atoms with Gasteiger partial charge in [-0.3, -0.25) is 19.7 Å². The van der Waals surface area contributed by atoms with Gasteiger partial charge in [-0.1, -0.05) is 11.6 Å². The molecule has 0 aliphatic heterocycles. The molecule has 2 N–H and O–H groups in total. The first kappa shape index (κ1) is 18.3. The fraction of sp³-hybridized carbons (Fsp3) is 0.125. The quantitative estimate of drug-likeness (QED) is 0.602. The molecule has 0 saturated carbocycles. The Balaban J connectivity index is 2.34. The number of halogens is 2. The number of nitro groups is 1. The van der Waals surface area contributed by atoms with E-state index in [1.165, 1.54) is 24.3 Å². The zero-order valence-electron chi connectivity index (χ0n) is 12.6. The predicted octanol–water partition coefficient (Wildman–Crippen LogP) is 3.33. The molecule has 1 amide bonds. The van der Waals surface area contributed by atoms with E-state index >= 15 is 0 Å². The highest BCUT2D eigenvalue weighted by molar-refractivity contribution is 6.31. The molecule has 2 rings (SSSR count). The fourth-order valence-corrected chi connectivity index (χ4v) is 2.42. The summed E-state index contributed by atoms with van der Waals surface area (Å²) in [6, 6.07) is 7.08. The van der Waals surface area contributed by atoms with Gasteiger partial charge in [0.05, 0.1) is 17.4 Å². The number of hydrogen-bond donors (Lipinski definition) is 2. The highest BCUT2D eigenvalue weighted by Gasteiger charge is 2.23. The average Bonchev–Trinajstić information content (AvgIpc) is 2.54. The summed E-state index contributed by atoms with van der Waals surface area (Å²) in [5.74, 6) is -2.42. The van der Waals surface area contributed by atoms with Gasteiger partial charge in [0.2, 0.25) is 0 Å². The summed E-state index contributed by atoms with van der Waals surface area (Å²) < 4.78 is 12.9. The van der Waals surface area contributed by atoms with Crippen molar-refractivity contribution < 1.29 is 24.0 Å². The first-order valence-corrected chi connectivity index (χ1v) is 7.38. The largest absolute Gasteiger partial charge is 0.481 e. The third kappa shape index (κ3) is 4.74. The van der Waals surface area contributed by atoms with Gasteiger partial charge in [0, 0.05) is 28.3 Å². The summed E-state index contributed by atoms with van der Waals surface area (Å²) in [6.45, 7) is 0. The first-order valence-electron chi connectivity index (χ1n) is 7.00. The summed E-state index contributed by atoms with van der Waals surface area (Å²) >= 11 is 6.01. The van der Waals surface area contributed by atoms with Crippen molar-refractivity contribution in [2.45, 2.75) is 12.5 Å². The molecule has 25 heavy (non-hydrogen) atoms. The maximum absolute atomic E-state index is 12.9. The Hall–Kier alpha value is -3.00. The molecule has 0 unspecified atom stereocenters. The zero-order valence-corrected chi connectivity index (χ0v) is 13.4. The van der Waals surface area contributed by atoms with Crippen molar-refractivity contribution in [3.05, 3.63) is 74.5 Å². The molecule has 9 heteroatoms. The summed E-state index contributed by atoms with van der Waals surface area (Å²) in [6.07, 6.45) is -0.534. The number of carbonyl (C=O) groups excluding carboxylic acids is 1. The van der Waals surface area contributed by atoms with Crippen LogP contribution in [0.3, 0.4) is 0 Å². The second-order valence-electron chi connectivity index (χ2n) is 5.09. The van der Waals surface area contributed by atoms with Gasteiger partial charge in [-0.15, -0.1) is 0 Å². The van der Waals surface area contributed by atoms with Crippen LogP contribution in [0.4, 0.5) is 10.1 Å². The van der Waals surface area contributed by atoms with Crippen LogP contribution in [0.5, 0.6) is 0 Å². The van der Waals surface area contributed by atoms with Crippen LogP contribution in [0.15, 0.2) is 42.5 Å². The van der Waals surface area contributed by atoms with E-state index < -0.39 is 35.1 Å². The summed E-state index contributed by atoms with van der Waals surface area (Å²) in [7, 11) is 0. The maximum Gasteiger partial charge on any atom is 0.305 e. The minimum Gasteiger partial charge on any atom is -0.481 e. The minimum absolute atomic E-state index is 0.0799. The van der Waals surface area contributed by atoms with Gasteiger partial charge in [-0.2, -0.15) is 0 Å². The molecule has 0 spiro atoms. The van der Waals surface area contributed by atoms with E-state index in [0.717, 1.165) is 18.2 Å². The number of rotatable bonds is 6. The third-order valence-electron chi connectivity index (χ3n) is 3.36. The average molecular weight is 367 g/mol. The molecule has 7 nitrogen and oxygen atoms in total. The molecule has 1 atom stereocenters. The second-order valence-corrected chi connectivity index (χ2v) is 5.50. The van der Waals surface area contributed by atoms with Crippen LogP contribution in [0.2, 0.25) is 5.02 Å². The molecule has 2 aromatic rings. The maximum atomic E-state index is 12.9. The second kappa shape index (κ2) is 7.71. The number of aliphatic carboxylic acids is 1. The predicted molar refractivity (Wildman–Crippen MR) is 87.0 cm³/mol. The summed E-state index contributed by atoms with van der Waals surface area (Å²) in [4.78, 5) is 33.6. The molecule has 0 fully saturated rings. The van der Waals surface area contributed by atoms with Crippen LogP contribution in [0.25, 0.3) is 0 Å². The van der Waals surface area contributed by atoms with Crippen LogP contribution in [-0.4, -0.2) is 21.9 Å². The number of amides is 1. The monoisotopic (exact) mass is 366 g/mol. The molecule has 0 aliphatic carbocycles. The Bertz CT molecular complexity index is 826. The lowest BCUT2D eigenvalue weighted by molar-refractivity contribution is -0.384. The zero-order chi connectivity index (χ0) is 18.6. The van der Waals surface area contributed by atoms with Gasteiger partial charge < -0.3 is 10.4 Å². The molecule has 0 aliphatic rings. The van der Waals surface area contributed by atoms with Crippen molar-refractivity contribution in [2.24, 2.45) is 0 Å². The minimum atomic E-state index is -1.23. The standard InChI is InChI=1S/C16H12ClFN2O5/c17-13-6-5-11(20(24)25)7-12(13)14(8-15(21)22)19-16(23)9-1-3-10(18)4-2-9/h1-7,14H,8H2,(H,19,23)(H,21,22)/t14-/m1/s1. The van der Waals surface area contributed by atoms with Crippen molar-refractivity contribution in [1.29, 1.82) is 0 Å². The normalized spacial score (nSPS) is 11.6. The number of benzene rings is 2. The van der Waals surface area contributed by atoms with Crippen LogP contribution in [0, 0.1) is 15.9 Å². The SMILES string of the molecule is O=C(O)C[C@@H](NC(=O)c1ccc(F)cc1)c1cc([N+](=O)[O-])ccc1Cl. The Morgan fingerprint density at radius 1 is 1.24 bits per heavy atom. The Morgan fingerprint density at radius 2 is 1.88 bits per heavy atom. The van der Waals surface area contributed by atoms with Gasteiger partial charge in [0.1, 0.15) is 5.82 Å². The number of non-ortho nitro benzene ring substituents is 1. The molecule has 0 bridgehead atoms. The number of carboxylic acid groups (broad SMARTS) is 1. The van der Waals surface area contributed by atoms with Crippen LogP contribution < -0.4 is 5.32 Å². The molecule has 0 heterocycles. The van der Waals surface area contributed by atoms with E-state index in [0.29, 0.717) is 0 Å². The Morgan fingerprint density at radius 3 is 2.44 bits per heavy atom. The Kier molecular flexibility index (Phi) is 5.66. The lowest BCUT2D eigenvalue weighted by atomic mass is 10.0. The summed E-state index contributed by atoms with van der Waals surface area (Å²) in [5, 5.41) is 22.5. The highest BCUT2D eigenvalue weighted by atomic mass is 35.5. The van der Waals surface area contributed by atoms with Gasteiger partial charge in [0.25, 0.3) is 11.6 Å². The molecule has 130 valence electrons. The van der Waals surface area contributed by atoms with E-state index in [4.69, 9.17) is 16.7 Å². The molecular formula is C16H12ClFN2O5. The fourth-order valence-electron chi connectivity index (χ4n) is 2.17. The first-order chi connectivity index (χ1) is 11.8. The lowest BCUT2D eigenvalue weighted by Crippen LogP contribution is -2.30. The van der Waals surface area contributed by atoms with E-state index in [-0.39, 0.29) is 21.8 Å². The van der Waals surface area contributed by atoms with E-state index in [1.54, 1.807) is 0 Å². The van der Waals surface area contributed by atoms with Crippen molar-refractivity contribution in [1.82, 2.24) is 5.32 Å². The number of nitro benzene ring substituents is 1. The van der Waals surface area contributed by atoms with Gasteiger partial charge in [0.15, 0.2) is 0 Å². The topological polar surface area (TPSA) is 110 Å². The third-order valence-corrected chi connectivity index (χ3v) is 3.70. The number of carbonyl (C=O) groups is 2. The van der Waals surface area contributed by atoms with Crippen LogP contribution in [-0.2, 0) is 4.79 Å².